The van der Waals surface area contributed by atoms with Gasteiger partial charge in [0.1, 0.15) is 12.2 Å². The molecule has 0 aliphatic heterocycles. The van der Waals surface area contributed by atoms with E-state index in [9.17, 15) is 19.2 Å². The number of ketones is 1. The lowest BCUT2D eigenvalue weighted by molar-refractivity contribution is -0.143. The molecule has 0 aromatic carbocycles. The van der Waals surface area contributed by atoms with Crippen LogP contribution in [-0.4, -0.2) is 53.1 Å². The van der Waals surface area contributed by atoms with Gasteiger partial charge in [-0.1, -0.05) is 33.3 Å². The fourth-order valence-corrected chi connectivity index (χ4v) is 4.57. The standard InChI is InChI=1S/C12H18O6S4/c1-17-9(14)5-8(13)6-12(19)22-21-4-3-11(16)20-7-10(15)18-2/h12,19H,3-7H2,1-2H3. The molecule has 0 saturated heterocycles. The third-order valence-electron chi connectivity index (χ3n) is 2.12. The molecule has 10 heteroatoms. The molecule has 0 aliphatic carbocycles. The summed E-state index contributed by atoms with van der Waals surface area (Å²) in [6.07, 6.45) is 0.221. The molecule has 22 heavy (non-hydrogen) atoms. The van der Waals surface area contributed by atoms with E-state index in [1.807, 2.05) is 0 Å². The van der Waals surface area contributed by atoms with Gasteiger partial charge in [-0.25, -0.2) is 0 Å². The number of hydrogen-bond acceptors (Lipinski definition) is 10. The van der Waals surface area contributed by atoms with E-state index < -0.39 is 11.9 Å². The molecule has 0 spiro atoms. The molecule has 0 saturated carbocycles. The molecule has 6 nitrogen and oxygen atoms in total. The van der Waals surface area contributed by atoms with Crippen LogP contribution in [0.1, 0.15) is 19.3 Å². The maximum Gasteiger partial charge on any atom is 0.316 e. The fraction of sp³-hybridized carbons (Fsp3) is 0.667. The lowest BCUT2D eigenvalue weighted by Gasteiger charge is -2.08. The summed E-state index contributed by atoms with van der Waals surface area (Å²) in [5, 5.41) is -0.0871. The van der Waals surface area contributed by atoms with Crippen molar-refractivity contribution in [3.05, 3.63) is 0 Å². The zero-order chi connectivity index (χ0) is 17.0. The van der Waals surface area contributed by atoms with Crippen LogP contribution in [0.5, 0.6) is 0 Å². The van der Waals surface area contributed by atoms with Crippen molar-refractivity contribution in [3.8, 4) is 0 Å². The highest BCUT2D eigenvalue weighted by Gasteiger charge is 2.15. The minimum atomic E-state index is -0.559. The van der Waals surface area contributed by atoms with Crippen molar-refractivity contribution in [2.45, 2.75) is 23.8 Å². The van der Waals surface area contributed by atoms with E-state index in [4.69, 9.17) is 0 Å². The molecule has 126 valence electrons. The number of methoxy groups -OCH3 is 2. The van der Waals surface area contributed by atoms with E-state index in [2.05, 4.69) is 22.1 Å². The van der Waals surface area contributed by atoms with E-state index in [0.717, 1.165) is 11.8 Å². The number of ether oxygens (including phenoxy) is 2. The summed E-state index contributed by atoms with van der Waals surface area (Å²) in [4.78, 5) is 44.7. The molecule has 0 bridgehead atoms. The molecule has 0 aromatic rings. The van der Waals surface area contributed by atoms with Gasteiger partial charge in [0.15, 0.2) is 5.12 Å². The highest BCUT2D eigenvalue weighted by atomic mass is 33.1. The van der Waals surface area contributed by atoms with Crippen molar-refractivity contribution in [2.24, 2.45) is 0 Å². The van der Waals surface area contributed by atoms with Crippen molar-refractivity contribution in [1.29, 1.82) is 0 Å². The van der Waals surface area contributed by atoms with Crippen LogP contribution in [0.4, 0.5) is 0 Å². The number of Topliss-reactive ketones (excluding diaryl/α,β-unsaturated/α-hetero) is 1. The van der Waals surface area contributed by atoms with E-state index >= 15 is 0 Å². The predicted molar refractivity (Wildman–Crippen MR) is 93.2 cm³/mol. The van der Waals surface area contributed by atoms with Gasteiger partial charge in [0.05, 0.1) is 24.6 Å². The Morgan fingerprint density at radius 1 is 1.09 bits per heavy atom. The first-order chi connectivity index (χ1) is 10.4. The maximum absolute atomic E-state index is 11.5. The number of carbonyl (C=O) groups excluding carboxylic acids is 4. The molecule has 0 N–H and O–H groups in total. The average molecular weight is 387 g/mol. The summed E-state index contributed by atoms with van der Waals surface area (Å²) < 4.78 is 8.59. The molecule has 1 atom stereocenters. The largest absolute Gasteiger partial charge is 0.469 e. The van der Waals surface area contributed by atoms with Crippen molar-refractivity contribution in [1.82, 2.24) is 0 Å². The Kier molecular flexibility index (Phi) is 13.0. The van der Waals surface area contributed by atoms with Crippen LogP contribution >= 0.6 is 46.0 Å². The monoisotopic (exact) mass is 386 g/mol. The lowest BCUT2D eigenvalue weighted by Crippen LogP contribution is -2.12. The molecule has 0 rings (SSSR count). The first kappa shape index (κ1) is 21.7. The number of thiol groups is 1. The normalized spacial score (nSPS) is 11.6. The Bertz CT molecular complexity index is 401. The second kappa shape index (κ2) is 13.1. The Morgan fingerprint density at radius 3 is 2.32 bits per heavy atom. The zero-order valence-electron chi connectivity index (χ0n) is 12.2. The van der Waals surface area contributed by atoms with Crippen molar-refractivity contribution in [3.63, 3.8) is 0 Å². The Balaban J connectivity index is 3.69. The van der Waals surface area contributed by atoms with Gasteiger partial charge in [-0.3, -0.25) is 19.2 Å². The van der Waals surface area contributed by atoms with Gasteiger partial charge in [-0.05, 0) is 0 Å². The summed E-state index contributed by atoms with van der Waals surface area (Å²) in [5.74, 6) is -0.648. The molecule has 1 unspecified atom stereocenters. The Hall–Kier alpha value is -0.320. The van der Waals surface area contributed by atoms with Crippen LogP contribution in [0.3, 0.4) is 0 Å². The second-order valence-corrected chi connectivity index (χ2v) is 8.55. The van der Waals surface area contributed by atoms with Crippen LogP contribution in [0.2, 0.25) is 0 Å². The highest BCUT2D eigenvalue weighted by Crippen LogP contribution is 2.32. The molecular formula is C12H18O6S4. The van der Waals surface area contributed by atoms with Crippen molar-refractivity contribution >= 4 is 68.8 Å². The molecule has 0 radical (unpaired) electrons. The van der Waals surface area contributed by atoms with Crippen LogP contribution in [0, 0.1) is 0 Å². The van der Waals surface area contributed by atoms with E-state index in [1.165, 1.54) is 35.8 Å². The van der Waals surface area contributed by atoms with Gasteiger partial charge in [-0.15, -0.1) is 0 Å². The second-order valence-electron chi connectivity index (χ2n) is 3.86. The third-order valence-corrected chi connectivity index (χ3v) is 6.45. The minimum Gasteiger partial charge on any atom is -0.469 e. The van der Waals surface area contributed by atoms with Crippen molar-refractivity contribution < 1.29 is 28.7 Å². The molecule has 0 aliphatic rings. The molecular weight excluding hydrogens is 368 g/mol. The van der Waals surface area contributed by atoms with Gasteiger partial charge in [0.2, 0.25) is 0 Å². The molecule has 0 fully saturated rings. The summed E-state index contributed by atoms with van der Waals surface area (Å²) in [6.45, 7) is 0. The Morgan fingerprint density at radius 2 is 1.73 bits per heavy atom. The molecule has 0 aromatic heterocycles. The summed E-state index contributed by atoms with van der Waals surface area (Å²) in [7, 11) is 5.28. The van der Waals surface area contributed by atoms with Gasteiger partial charge >= 0.3 is 11.9 Å². The van der Waals surface area contributed by atoms with E-state index in [1.54, 1.807) is 0 Å². The fourth-order valence-electron chi connectivity index (χ4n) is 1.06. The highest BCUT2D eigenvalue weighted by molar-refractivity contribution is 8.78. The lowest BCUT2D eigenvalue weighted by atomic mass is 10.2. The predicted octanol–water partition coefficient (Wildman–Crippen LogP) is 1.97. The van der Waals surface area contributed by atoms with E-state index in [0.29, 0.717) is 12.2 Å². The van der Waals surface area contributed by atoms with Gasteiger partial charge in [0.25, 0.3) is 0 Å². The maximum atomic E-state index is 11.5. The van der Waals surface area contributed by atoms with Crippen molar-refractivity contribution in [2.75, 3.05) is 25.7 Å². The smallest absolute Gasteiger partial charge is 0.316 e. The first-order valence-electron chi connectivity index (χ1n) is 6.16. The number of rotatable bonds is 11. The first-order valence-corrected chi connectivity index (χ1v) is 10.0. The topological polar surface area (TPSA) is 86.7 Å². The summed E-state index contributed by atoms with van der Waals surface area (Å²) in [5.41, 5.74) is 0. The number of esters is 2. The quantitative estimate of drug-likeness (QED) is 0.143. The summed E-state index contributed by atoms with van der Waals surface area (Å²) in [6, 6.07) is 0. The third kappa shape index (κ3) is 12.2. The van der Waals surface area contributed by atoms with Crippen LogP contribution in [0.15, 0.2) is 0 Å². The van der Waals surface area contributed by atoms with Gasteiger partial charge in [0, 0.05) is 18.6 Å². The van der Waals surface area contributed by atoms with Crippen LogP contribution in [0.25, 0.3) is 0 Å². The van der Waals surface area contributed by atoms with Gasteiger partial charge in [-0.2, -0.15) is 12.6 Å². The Labute approximate surface area is 147 Å². The van der Waals surface area contributed by atoms with E-state index in [-0.39, 0.29) is 34.1 Å². The number of carbonyl (C=O) groups is 4. The number of thioether (sulfide) groups is 1. The zero-order valence-corrected chi connectivity index (χ0v) is 15.6. The number of hydrogen-bond donors (Lipinski definition) is 1. The van der Waals surface area contributed by atoms with Crippen LogP contribution < -0.4 is 0 Å². The SMILES string of the molecule is COC(=O)CSC(=O)CCSSC(S)CC(=O)CC(=O)OC. The molecule has 0 heterocycles. The molecule has 0 amide bonds. The average Bonchev–Trinajstić information content (AvgIpc) is 2.48. The minimum absolute atomic E-state index is 0.0182. The van der Waals surface area contributed by atoms with Gasteiger partial charge < -0.3 is 9.47 Å². The summed E-state index contributed by atoms with van der Waals surface area (Å²) >= 11 is 5.17. The van der Waals surface area contributed by atoms with Crippen LogP contribution in [-0.2, 0) is 28.7 Å².